The molecular formula is C13H16O6. The SMILES string of the molecule is O=C(O)C=Cc1ccc(OCCO)c(OCCO)c1. The Morgan fingerprint density at radius 1 is 1.11 bits per heavy atom. The maximum atomic E-state index is 10.4. The van der Waals surface area contributed by atoms with Crippen LogP contribution in [-0.4, -0.2) is 47.7 Å². The first-order valence-corrected chi connectivity index (χ1v) is 5.69. The van der Waals surface area contributed by atoms with E-state index in [1.807, 2.05) is 0 Å². The Balaban J connectivity index is 2.89. The van der Waals surface area contributed by atoms with Gasteiger partial charge in [-0.05, 0) is 23.8 Å². The lowest BCUT2D eigenvalue weighted by atomic mass is 10.2. The average Bonchev–Trinajstić information content (AvgIpc) is 2.41. The number of hydrogen-bond donors (Lipinski definition) is 3. The van der Waals surface area contributed by atoms with Crippen LogP contribution in [0.4, 0.5) is 0 Å². The molecule has 6 heteroatoms. The maximum Gasteiger partial charge on any atom is 0.328 e. The summed E-state index contributed by atoms with van der Waals surface area (Å²) < 4.78 is 10.6. The van der Waals surface area contributed by atoms with Crippen molar-refractivity contribution in [3.8, 4) is 11.5 Å². The summed E-state index contributed by atoms with van der Waals surface area (Å²) in [7, 11) is 0. The molecule has 0 spiro atoms. The molecule has 19 heavy (non-hydrogen) atoms. The van der Waals surface area contributed by atoms with Gasteiger partial charge >= 0.3 is 5.97 Å². The van der Waals surface area contributed by atoms with Crippen molar-refractivity contribution in [3.63, 3.8) is 0 Å². The summed E-state index contributed by atoms with van der Waals surface area (Å²) in [5, 5.41) is 26.0. The topological polar surface area (TPSA) is 96.2 Å². The minimum absolute atomic E-state index is 0.0988. The number of benzene rings is 1. The molecular weight excluding hydrogens is 252 g/mol. The summed E-state index contributed by atoms with van der Waals surface area (Å²) >= 11 is 0. The second kappa shape index (κ2) is 8.12. The quantitative estimate of drug-likeness (QED) is 0.595. The van der Waals surface area contributed by atoms with E-state index in [0.717, 1.165) is 6.08 Å². The third-order valence-electron chi connectivity index (χ3n) is 2.08. The van der Waals surface area contributed by atoms with E-state index in [1.165, 1.54) is 6.08 Å². The van der Waals surface area contributed by atoms with Crippen LogP contribution in [0.5, 0.6) is 11.5 Å². The van der Waals surface area contributed by atoms with Crippen molar-refractivity contribution in [3.05, 3.63) is 29.8 Å². The summed E-state index contributed by atoms with van der Waals surface area (Å²) in [6, 6.07) is 4.88. The molecule has 0 unspecified atom stereocenters. The Kier molecular flexibility index (Phi) is 6.42. The lowest BCUT2D eigenvalue weighted by Crippen LogP contribution is -2.06. The molecule has 0 heterocycles. The Morgan fingerprint density at radius 3 is 2.32 bits per heavy atom. The standard InChI is InChI=1S/C13H16O6/c14-5-7-18-11-3-1-10(2-4-13(16)17)9-12(11)19-8-6-15/h1-4,9,14-15H,5-8H2,(H,16,17). The van der Waals surface area contributed by atoms with Crippen molar-refractivity contribution in [2.45, 2.75) is 0 Å². The molecule has 0 aliphatic heterocycles. The van der Waals surface area contributed by atoms with E-state index in [9.17, 15) is 4.79 Å². The molecule has 104 valence electrons. The van der Waals surface area contributed by atoms with Crippen molar-refractivity contribution in [1.29, 1.82) is 0 Å². The third kappa shape index (κ3) is 5.41. The number of carbonyl (C=O) groups is 1. The molecule has 3 N–H and O–H groups in total. The largest absolute Gasteiger partial charge is 0.487 e. The van der Waals surface area contributed by atoms with E-state index < -0.39 is 5.97 Å². The number of rotatable bonds is 8. The van der Waals surface area contributed by atoms with Crippen molar-refractivity contribution in [1.82, 2.24) is 0 Å². The van der Waals surface area contributed by atoms with Gasteiger partial charge in [0.25, 0.3) is 0 Å². The lowest BCUT2D eigenvalue weighted by Gasteiger charge is -2.12. The van der Waals surface area contributed by atoms with Crippen molar-refractivity contribution < 1.29 is 29.6 Å². The minimum atomic E-state index is -1.04. The average molecular weight is 268 g/mol. The number of aliphatic carboxylic acids is 1. The minimum Gasteiger partial charge on any atom is -0.487 e. The third-order valence-corrected chi connectivity index (χ3v) is 2.08. The summed E-state index contributed by atoms with van der Waals surface area (Å²) in [5.74, 6) is -0.233. The monoisotopic (exact) mass is 268 g/mol. The van der Waals surface area contributed by atoms with Crippen LogP contribution in [0, 0.1) is 0 Å². The number of aliphatic hydroxyl groups excluding tert-OH is 2. The van der Waals surface area contributed by atoms with Crippen LogP contribution in [-0.2, 0) is 4.79 Å². The van der Waals surface area contributed by atoms with E-state index in [4.69, 9.17) is 24.8 Å². The van der Waals surface area contributed by atoms with Gasteiger partial charge in [0.05, 0.1) is 13.2 Å². The highest BCUT2D eigenvalue weighted by Crippen LogP contribution is 2.28. The lowest BCUT2D eigenvalue weighted by molar-refractivity contribution is -0.131. The van der Waals surface area contributed by atoms with Crippen molar-refractivity contribution in [2.75, 3.05) is 26.4 Å². The van der Waals surface area contributed by atoms with Crippen molar-refractivity contribution in [2.24, 2.45) is 0 Å². The number of carboxylic acids is 1. The molecule has 1 aromatic rings. The second-order valence-corrected chi connectivity index (χ2v) is 3.52. The molecule has 1 rings (SSSR count). The molecule has 0 fully saturated rings. The fourth-order valence-electron chi connectivity index (χ4n) is 1.34. The highest BCUT2D eigenvalue weighted by Gasteiger charge is 2.06. The zero-order valence-electron chi connectivity index (χ0n) is 10.3. The molecule has 0 radical (unpaired) electrons. The molecule has 0 saturated heterocycles. The van der Waals surface area contributed by atoms with Gasteiger partial charge in [0.1, 0.15) is 13.2 Å². The fourth-order valence-corrected chi connectivity index (χ4v) is 1.34. The Morgan fingerprint density at radius 2 is 1.74 bits per heavy atom. The zero-order chi connectivity index (χ0) is 14.1. The van der Waals surface area contributed by atoms with Crippen LogP contribution >= 0.6 is 0 Å². The van der Waals surface area contributed by atoms with Gasteiger partial charge in [-0.3, -0.25) is 0 Å². The normalized spacial score (nSPS) is 10.6. The number of ether oxygens (including phenoxy) is 2. The van der Waals surface area contributed by atoms with Crippen LogP contribution < -0.4 is 9.47 Å². The number of carboxylic acid groups (broad SMARTS) is 1. The van der Waals surface area contributed by atoms with Crippen LogP contribution in [0.15, 0.2) is 24.3 Å². The first-order valence-electron chi connectivity index (χ1n) is 5.69. The van der Waals surface area contributed by atoms with Gasteiger partial charge < -0.3 is 24.8 Å². The molecule has 0 atom stereocenters. The predicted molar refractivity (Wildman–Crippen MR) is 68.3 cm³/mol. The van der Waals surface area contributed by atoms with Gasteiger partial charge in [0.2, 0.25) is 0 Å². The highest BCUT2D eigenvalue weighted by atomic mass is 16.5. The summed E-state index contributed by atoms with van der Waals surface area (Å²) in [6.07, 6.45) is 2.43. The predicted octanol–water partition coefficient (Wildman–Crippen LogP) is 0.527. The summed E-state index contributed by atoms with van der Waals surface area (Å²) in [5.41, 5.74) is 0.631. The maximum absolute atomic E-state index is 10.4. The zero-order valence-corrected chi connectivity index (χ0v) is 10.3. The van der Waals surface area contributed by atoms with Gasteiger partial charge in [-0.2, -0.15) is 0 Å². The molecule has 1 aromatic carbocycles. The van der Waals surface area contributed by atoms with Gasteiger partial charge in [-0.1, -0.05) is 6.07 Å². The van der Waals surface area contributed by atoms with Gasteiger partial charge in [0.15, 0.2) is 11.5 Å². The van der Waals surface area contributed by atoms with Crippen LogP contribution in [0.3, 0.4) is 0 Å². The summed E-state index contributed by atoms with van der Waals surface area (Å²) in [4.78, 5) is 10.4. The number of hydrogen-bond acceptors (Lipinski definition) is 5. The van der Waals surface area contributed by atoms with E-state index in [2.05, 4.69) is 0 Å². The molecule has 0 aromatic heterocycles. The molecule has 0 bridgehead atoms. The van der Waals surface area contributed by atoms with Gasteiger partial charge in [-0.25, -0.2) is 4.79 Å². The fraction of sp³-hybridized carbons (Fsp3) is 0.308. The van der Waals surface area contributed by atoms with E-state index in [-0.39, 0.29) is 26.4 Å². The first kappa shape index (κ1) is 15.0. The Bertz CT molecular complexity index is 441. The van der Waals surface area contributed by atoms with Gasteiger partial charge in [-0.15, -0.1) is 0 Å². The highest BCUT2D eigenvalue weighted by molar-refractivity contribution is 5.85. The second-order valence-electron chi connectivity index (χ2n) is 3.52. The summed E-state index contributed by atoms with van der Waals surface area (Å²) in [6.45, 7) is -0.0455. The smallest absolute Gasteiger partial charge is 0.328 e. The molecule has 0 amide bonds. The van der Waals surface area contributed by atoms with E-state index in [0.29, 0.717) is 17.1 Å². The van der Waals surface area contributed by atoms with Crippen molar-refractivity contribution >= 4 is 12.0 Å². The molecule has 0 aliphatic rings. The Labute approximate surface area is 110 Å². The van der Waals surface area contributed by atoms with E-state index >= 15 is 0 Å². The first-order chi connectivity index (χ1) is 9.17. The van der Waals surface area contributed by atoms with Crippen LogP contribution in [0.2, 0.25) is 0 Å². The van der Waals surface area contributed by atoms with E-state index in [1.54, 1.807) is 18.2 Å². The number of aliphatic hydroxyl groups is 2. The van der Waals surface area contributed by atoms with Gasteiger partial charge in [0, 0.05) is 6.08 Å². The molecule has 6 nitrogen and oxygen atoms in total. The van der Waals surface area contributed by atoms with Crippen LogP contribution in [0.25, 0.3) is 6.08 Å². The molecule has 0 aliphatic carbocycles. The van der Waals surface area contributed by atoms with Crippen LogP contribution in [0.1, 0.15) is 5.56 Å². The molecule has 0 saturated carbocycles. The Hall–Kier alpha value is -2.05.